The maximum Gasteiger partial charge on any atom is 0.0493 e. The third-order valence-corrected chi connectivity index (χ3v) is 1.80. The van der Waals surface area contributed by atoms with E-state index in [-0.39, 0.29) is 19.1 Å². The van der Waals surface area contributed by atoms with Gasteiger partial charge in [-0.15, -0.1) is 0 Å². The van der Waals surface area contributed by atoms with E-state index in [0.29, 0.717) is 12.6 Å². The second-order valence-electron chi connectivity index (χ2n) is 3.54. The minimum absolute atomic E-state index is 0.0287. The molecule has 13 heavy (non-hydrogen) atoms. The van der Waals surface area contributed by atoms with Gasteiger partial charge in [0, 0.05) is 44.8 Å². The molecular weight excluding hydrogens is 168 g/mol. The average molecular weight is 190 g/mol. The summed E-state index contributed by atoms with van der Waals surface area (Å²) < 4.78 is 0. The standard InChI is InChI=1S/C9H22N2O2/c1-8(2)11-4-3-10-5-9(6-12)7-13/h8-13H,3-7H2,1-2H3. The van der Waals surface area contributed by atoms with Crippen LogP contribution in [0.25, 0.3) is 0 Å². The first kappa shape index (κ1) is 12.8. The lowest BCUT2D eigenvalue weighted by Crippen LogP contribution is -2.35. The van der Waals surface area contributed by atoms with Gasteiger partial charge in [-0.05, 0) is 0 Å². The fourth-order valence-corrected chi connectivity index (χ4v) is 0.942. The Balaban J connectivity index is 3.14. The van der Waals surface area contributed by atoms with Gasteiger partial charge in [-0.3, -0.25) is 0 Å². The molecule has 0 amide bonds. The van der Waals surface area contributed by atoms with Crippen molar-refractivity contribution in [2.45, 2.75) is 19.9 Å². The van der Waals surface area contributed by atoms with E-state index in [9.17, 15) is 0 Å². The number of rotatable bonds is 8. The molecule has 0 aromatic rings. The van der Waals surface area contributed by atoms with Gasteiger partial charge in [0.2, 0.25) is 0 Å². The molecule has 0 aliphatic rings. The quantitative estimate of drug-likeness (QED) is 0.377. The Morgan fingerprint density at radius 2 is 1.69 bits per heavy atom. The van der Waals surface area contributed by atoms with Crippen LogP contribution in [0.1, 0.15) is 13.8 Å². The Bertz CT molecular complexity index is 106. The third-order valence-electron chi connectivity index (χ3n) is 1.80. The summed E-state index contributed by atoms with van der Waals surface area (Å²) in [6, 6.07) is 0.508. The van der Waals surface area contributed by atoms with Crippen LogP contribution in [-0.4, -0.2) is 49.1 Å². The van der Waals surface area contributed by atoms with Crippen molar-refractivity contribution in [1.82, 2.24) is 10.6 Å². The summed E-state index contributed by atoms with van der Waals surface area (Å²) in [6.45, 7) is 6.75. The number of aliphatic hydroxyl groups excluding tert-OH is 2. The zero-order valence-electron chi connectivity index (χ0n) is 8.58. The minimum atomic E-state index is -0.0287. The summed E-state index contributed by atoms with van der Waals surface area (Å²) in [6.07, 6.45) is 0. The first-order valence-electron chi connectivity index (χ1n) is 4.86. The average Bonchev–Trinajstić information content (AvgIpc) is 2.11. The molecule has 4 heteroatoms. The van der Waals surface area contributed by atoms with Crippen molar-refractivity contribution in [3.8, 4) is 0 Å². The molecule has 0 radical (unpaired) electrons. The molecule has 0 aromatic carbocycles. The number of nitrogens with one attached hydrogen (secondary N) is 2. The molecule has 80 valence electrons. The van der Waals surface area contributed by atoms with Crippen LogP contribution in [0.5, 0.6) is 0 Å². The van der Waals surface area contributed by atoms with Crippen molar-refractivity contribution in [3.05, 3.63) is 0 Å². The Labute approximate surface area is 80.3 Å². The largest absolute Gasteiger partial charge is 0.396 e. The third kappa shape index (κ3) is 8.18. The zero-order valence-corrected chi connectivity index (χ0v) is 8.58. The summed E-state index contributed by atoms with van der Waals surface area (Å²) in [4.78, 5) is 0. The van der Waals surface area contributed by atoms with E-state index in [0.717, 1.165) is 13.1 Å². The highest BCUT2D eigenvalue weighted by Crippen LogP contribution is 1.88. The van der Waals surface area contributed by atoms with Crippen molar-refractivity contribution in [1.29, 1.82) is 0 Å². The number of aliphatic hydroxyl groups is 2. The van der Waals surface area contributed by atoms with Gasteiger partial charge >= 0.3 is 0 Å². The van der Waals surface area contributed by atoms with Crippen LogP contribution < -0.4 is 10.6 Å². The van der Waals surface area contributed by atoms with Crippen molar-refractivity contribution in [2.75, 3.05) is 32.8 Å². The van der Waals surface area contributed by atoms with Crippen LogP contribution in [0, 0.1) is 5.92 Å². The first-order chi connectivity index (χ1) is 6.20. The Kier molecular flexibility index (Phi) is 8.33. The Hall–Kier alpha value is -0.160. The van der Waals surface area contributed by atoms with Gasteiger partial charge in [0.05, 0.1) is 0 Å². The summed E-state index contributed by atoms with van der Waals surface area (Å²) >= 11 is 0. The fourth-order valence-electron chi connectivity index (χ4n) is 0.942. The topological polar surface area (TPSA) is 64.5 Å². The van der Waals surface area contributed by atoms with Crippen molar-refractivity contribution < 1.29 is 10.2 Å². The fraction of sp³-hybridized carbons (Fsp3) is 1.00. The first-order valence-corrected chi connectivity index (χ1v) is 4.86. The van der Waals surface area contributed by atoms with Crippen LogP contribution in [0.3, 0.4) is 0 Å². The molecule has 0 aromatic heterocycles. The second-order valence-corrected chi connectivity index (χ2v) is 3.54. The van der Waals surface area contributed by atoms with Gasteiger partial charge in [-0.2, -0.15) is 0 Å². The van der Waals surface area contributed by atoms with Crippen molar-refractivity contribution in [2.24, 2.45) is 5.92 Å². The summed E-state index contributed by atoms with van der Waals surface area (Å²) in [5.74, 6) is -0.0287. The van der Waals surface area contributed by atoms with E-state index in [2.05, 4.69) is 24.5 Å². The van der Waals surface area contributed by atoms with Crippen LogP contribution >= 0.6 is 0 Å². The molecule has 0 bridgehead atoms. The molecule has 0 saturated heterocycles. The highest BCUT2D eigenvalue weighted by Gasteiger charge is 2.03. The van der Waals surface area contributed by atoms with Crippen LogP contribution in [0.4, 0.5) is 0 Å². The Morgan fingerprint density at radius 3 is 2.15 bits per heavy atom. The van der Waals surface area contributed by atoms with Gasteiger partial charge in [-0.25, -0.2) is 0 Å². The van der Waals surface area contributed by atoms with Crippen LogP contribution in [0.2, 0.25) is 0 Å². The molecule has 0 aliphatic heterocycles. The summed E-state index contributed by atoms with van der Waals surface area (Å²) in [5.41, 5.74) is 0. The Morgan fingerprint density at radius 1 is 1.08 bits per heavy atom. The highest BCUT2D eigenvalue weighted by atomic mass is 16.3. The monoisotopic (exact) mass is 190 g/mol. The van der Waals surface area contributed by atoms with Gasteiger partial charge in [0.15, 0.2) is 0 Å². The predicted octanol–water partition coefficient (Wildman–Crippen LogP) is -0.825. The van der Waals surface area contributed by atoms with E-state index in [4.69, 9.17) is 10.2 Å². The normalized spacial score (nSPS) is 11.5. The van der Waals surface area contributed by atoms with Crippen LogP contribution in [0.15, 0.2) is 0 Å². The van der Waals surface area contributed by atoms with Gasteiger partial charge in [0.25, 0.3) is 0 Å². The van der Waals surface area contributed by atoms with Gasteiger partial charge in [-0.1, -0.05) is 13.8 Å². The molecule has 0 spiro atoms. The SMILES string of the molecule is CC(C)NCCNCC(CO)CO. The van der Waals surface area contributed by atoms with E-state index < -0.39 is 0 Å². The lowest BCUT2D eigenvalue weighted by molar-refractivity contribution is 0.148. The summed E-state index contributed by atoms with van der Waals surface area (Å²) in [7, 11) is 0. The van der Waals surface area contributed by atoms with E-state index >= 15 is 0 Å². The molecule has 0 unspecified atom stereocenters. The molecule has 0 heterocycles. The number of hydrogen-bond donors (Lipinski definition) is 4. The van der Waals surface area contributed by atoms with Crippen molar-refractivity contribution >= 4 is 0 Å². The molecule has 0 atom stereocenters. The predicted molar refractivity (Wildman–Crippen MR) is 53.7 cm³/mol. The minimum Gasteiger partial charge on any atom is -0.396 e. The smallest absolute Gasteiger partial charge is 0.0493 e. The van der Waals surface area contributed by atoms with E-state index in [1.807, 2.05) is 0 Å². The zero-order chi connectivity index (χ0) is 10.1. The summed E-state index contributed by atoms with van der Waals surface area (Å²) in [5, 5.41) is 23.9. The van der Waals surface area contributed by atoms with E-state index in [1.54, 1.807) is 0 Å². The molecule has 0 aliphatic carbocycles. The molecule has 4 nitrogen and oxygen atoms in total. The van der Waals surface area contributed by atoms with Gasteiger partial charge < -0.3 is 20.8 Å². The molecular formula is C9H22N2O2. The lowest BCUT2D eigenvalue weighted by Gasteiger charge is -2.13. The number of hydrogen-bond acceptors (Lipinski definition) is 4. The molecule has 0 saturated carbocycles. The maximum atomic E-state index is 8.76. The molecule has 4 N–H and O–H groups in total. The highest BCUT2D eigenvalue weighted by molar-refractivity contribution is 4.61. The maximum absolute atomic E-state index is 8.76. The lowest BCUT2D eigenvalue weighted by atomic mass is 10.2. The molecule has 0 rings (SSSR count). The second kappa shape index (κ2) is 8.44. The van der Waals surface area contributed by atoms with Crippen molar-refractivity contribution in [3.63, 3.8) is 0 Å². The van der Waals surface area contributed by atoms with Gasteiger partial charge in [0.1, 0.15) is 0 Å². The van der Waals surface area contributed by atoms with E-state index in [1.165, 1.54) is 0 Å². The molecule has 0 fully saturated rings. The van der Waals surface area contributed by atoms with Crippen LogP contribution in [-0.2, 0) is 0 Å².